The summed E-state index contributed by atoms with van der Waals surface area (Å²) in [5.41, 5.74) is 3.90. The van der Waals surface area contributed by atoms with Crippen molar-refractivity contribution in [3.63, 3.8) is 0 Å². The summed E-state index contributed by atoms with van der Waals surface area (Å²) in [5, 5.41) is 88.2. The van der Waals surface area contributed by atoms with E-state index in [1.54, 1.807) is 24.3 Å². The fraction of sp³-hybridized carbons (Fsp3) is 0.462. The largest absolute Gasteiger partial charge is 0.511 e. The Kier molecular flexibility index (Phi) is 10.5. The van der Waals surface area contributed by atoms with Crippen molar-refractivity contribution in [1.29, 1.82) is 0 Å². The maximum atomic E-state index is 16.0. The first-order valence-corrected chi connectivity index (χ1v) is 25.8. The van der Waals surface area contributed by atoms with Gasteiger partial charge in [0.1, 0.15) is 52.0 Å². The number of hydrogen-bond donors (Lipinski definition) is 9. The minimum absolute atomic E-state index is 0.0448. The van der Waals surface area contributed by atoms with Gasteiger partial charge in [0, 0.05) is 35.0 Å². The van der Waals surface area contributed by atoms with Crippen molar-refractivity contribution >= 4 is 38.7 Å². The van der Waals surface area contributed by atoms with E-state index in [0.717, 1.165) is 64.9 Å². The summed E-state index contributed by atoms with van der Waals surface area (Å²) in [7, 11) is 2.93. The van der Waals surface area contributed by atoms with E-state index in [-0.39, 0.29) is 72.3 Å². The number of aliphatic hydroxyl groups is 7. The first-order chi connectivity index (χ1) is 32.5. The Labute approximate surface area is 395 Å². The smallest absolute Gasteiger partial charge is 0.229 e. The Bertz CT molecular complexity index is 2750. The van der Waals surface area contributed by atoms with Crippen LogP contribution in [-0.4, -0.2) is 103 Å². The van der Waals surface area contributed by atoms with Crippen LogP contribution in [0.4, 0.5) is 0 Å². The molecule has 13 rings (SSSR count). The molecule has 10 aliphatic rings. The number of aliphatic hydroxyl groups excluding tert-OH is 6. The minimum Gasteiger partial charge on any atom is -0.511 e. The summed E-state index contributed by atoms with van der Waals surface area (Å²) >= 11 is 0. The van der Waals surface area contributed by atoms with E-state index >= 15 is 9.59 Å². The molecule has 0 aromatic heterocycles. The van der Waals surface area contributed by atoms with Gasteiger partial charge in [0.2, 0.25) is 6.29 Å². The van der Waals surface area contributed by atoms with Crippen LogP contribution >= 0.6 is 21.6 Å². The molecular weight excluding hydrogens is 893 g/mol. The maximum absolute atomic E-state index is 16.0. The van der Waals surface area contributed by atoms with Crippen LogP contribution < -0.4 is 15.4 Å². The third kappa shape index (κ3) is 6.08. The van der Waals surface area contributed by atoms with Gasteiger partial charge < -0.3 is 55.9 Å². The Morgan fingerprint density at radius 1 is 0.896 bits per heavy atom. The number of carbonyl (C=O) groups excluding carboxylic acids is 2. The van der Waals surface area contributed by atoms with Crippen molar-refractivity contribution in [3.8, 4) is 5.75 Å². The van der Waals surface area contributed by atoms with Crippen LogP contribution in [0.2, 0.25) is 0 Å². The lowest BCUT2D eigenvalue weighted by Gasteiger charge is -2.59. The summed E-state index contributed by atoms with van der Waals surface area (Å²) in [6.07, 6.45) is 0.825. The lowest BCUT2D eigenvalue weighted by atomic mass is 9.49. The zero-order valence-corrected chi connectivity index (χ0v) is 38.3. The summed E-state index contributed by atoms with van der Waals surface area (Å²) in [6, 6.07) is 18.4. The zero-order valence-electron chi connectivity index (χ0n) is 36.7. The number of dihydropyridines is 1. The molecule has 3 aromatic carbocycles. The fourth-order valence-corrected chi connectivity index (χ4v) is 17.4. The van der Waals surface area contributed by atoms with Crippen LogP contribution in [0, 0.1) is 22.7 Å². The topological polar surface area (TPSA) is 218 Å². The first kappa shape index (κ1) is 43.8. The van der Waals surface area contributed by atoms with E-state index in [4.69, 9.17) is 9.47 Å². The molecule has 67 heavy (non-hydrogen) atoms. The van der Waals surface area contributed by atoms with Crippen LogP contribution in [0.25, 0.3) is 5.57 Å². The van der Waals surface area contributed by atoms with Crippen molar-refractivity contribution in [3.05, 3.63) is 140 Å². The fourth-order valence-electron chi connectivity index (χ4n) is 13.9. The van der Waals surface area contributed by atoms with Gasteiger partial charge in [-0.2, -0.15) is 0 Å². The zero-order chi connectivity index (χ0) is 46.1. The number of allylic oxidation sites excluding steroid dienone is 6. The molecule has 5 aliphatic carbocycles. The van der Waals surface area contributed by atoms with Gasteiger partial charge >= 0.3 is 0 Å². The minimum atomic E-state index is -2.28. The number of ether oxygens (including phenoxy) is 2. The molecule has 2 fully saturated rings. The number of ketones is 2. The van der Waals surface area contributed by atoms with Gasteiger partial charge in [-0.15, -0.1) is 0 Å². The molecular formula is C52H54N2O11S2. The van der Waals surface area contributed by atoms with Crippen molar-refractivity contribution < 1.29 is 54.8 Å². The highest BCUT2D eigenvalue weighted by Gasteiger charge is 2.68. The molecule has 0 amide bonds. The van der Waals surface area contributed by atoms with Gasteiger partial charge in [-0.3, -0.25) is 9.59 Å². The SMILES string of the molecule is O=C1c2cccc3c2C(=O)[C@@]2(C(O)=CC(Cc4cccc(CO)c4)=C[C@H]12)[C@H](CCCO)SS[C@H]1NC2=C4C5=C(CC[C@@H]6CC[C@H](c7cccc1c74)[C@]56C[C@]1(O)[C@H](O)[C@@H](CO)O[C@@H](O3)[C@@H]1O)CN2. The molecule has 0 radical (unpaired) electrons. The second-order valence-electron chi connectivity index (χ2n) is 19.9. The van der Waals surface area contributed by atoms with Crippen molar-refractivity contribution in [2.75, 3.05) is 19.8 Å². The molecule has 2 spiro atoms. The molecule has 12 atom stereocenters. The first-order valence-electron chi connectivity index (χ1n) is 23.6. The molecule has 15 heteroatoms. The lowest BCUT2D eigenvalue weighted by Crippen LogP contribution is -2.70. The van der Waals surface area contributed by atoms with Crippen molar-refractivity contribution in [2.45, 2.75) is 105 Å². The number of rotatable bonds is 7. The highest BCUT2D eigenvalue weighted by Crippen LogP contribution is 2.73. The molecule has 12 bridgehead atoms. The van der Waals surface area contributed by atoms with Gasteiger partial charge in [-0.05, 0) is 120 Å². The maximum Gasteiger partial charge on any atom is 0.229 e. The molecule has 9 N–H and O–H groups in total. The van der Waals surface area contributed by atoms with E-state index in [1.807, 2.05) is 24.3 Å². The molecule has 350 valence electrons. The average Bonchev–Trinajstić information content (AvgIpc) is 3.71. The quantitative estimate of drug-likeness (QED) is 0.135. The number of carbonyl (C=O) groups is 2. The van der Waals surface area contributed by atoms with Crippen molar-refractivity contribution in [2.24, 2.45) is 22.7 Å². The van der Waals surface area contributed by atoms with Gasteiger partial charge in [-0.25, -0.2) is 0 Å². The predicted molar refractivity (Wildman–Crippen MR) is 251 cm³/mol. The Hall–Kier alpha value is -4.42. The lowest BCUT2D eigenvalue weighted by molar-refractivity contribution is -0.320. The van der Waals surface area contributed by atoms with Gasteiger partial charge in [0.05, 0.1) is 24.7 Å². The van der Waals surface area contributed by atoms with Crippen LogP contribution in [0.5, 0.6) is 5.75 Å². The van der Waals surface area contributed by atoms with Gasteiger partial charge in [0.25, 0.3) is 0 Å². The third-order valence-corrected chi connectivity index (χ3v) is 19.9. The third-order valence-electron chi connectivity index (χ3n) is 16.8. The molecule has 3 aromatic rings. The molecule has 13 nitrogen and oxygen atoms in total. The van der Waals surface area contributed by atoms with E-state index in [1.165, 1.54) is 33.2 Å². The molecule has 1 saturated heterocycles. The molecule has 1 saturated carbocycles. The van der Waals surface area contributed by atoms with Crippen LogP contribution in [0.15, 0.2) is 101 Å². The Morgan fingerprint density at radius 3 is 2.52 bits per heavy atom. The van der Waals surface area contributed by atoms with Crippen molar-refractivity contribution in [1.82, 2.24) is 10.6 Å². The van der Waals surface area contributed by atoms with Crippen LogP contribution in [0.1, 0.15) is 105 Å². The highest BCUT2D eigenvalue weighted by molar-refractivity contribution is 8.77. The molecule has 5 heterocycles. The molecule has 0 unspecified atom stereocenters. The number of benzene rings is 3. The van der Waals surface area contributed by atoms with E-state index < -0.39 is 70.4 Å². The number of hydrogen-bond acceptors (Lipinski definition) is 15. The summed E-state index contributed by atoms with van der Waals surface area (Å²) in [4.78, 5) is 31.4. The second-order valence-corrected chi connectivity index (χ2v) is 22.5. The number of nitrogens with one attached hydrogen (secondary N) is 2. The average molecular weight is 947 g/mol. The normalized spacial score (nSPS) is 36.6. The Balaban J connectivity index is 1.08. The van der Waals surface area contributed by atoms with E-state index in [2.05, 4.69) is 28.8 Å². The van der Waals surface area contributed by atoms with Gasteiger partial charge in [-0.1, -0.05) is 82.3 Å². The predicted octanol–water partition coefficient (Wildman–Crippen LogP) is 5.42. The number of fused-ring (bicyclic) bond motifs is 2. The van der Waals surface area contributed by atoms with E-state index in [0.29, 0.717) is 24.1 Å². The standard InChI is InChI=1S/C52H54N2O11S2/c55-16-4-11-38-52-34(19-27(20-37(52)58)18-25-5-1-6-26(17-25)22-56)43(59)31-8-3-10-35(40(31)45(52)61)64-49-46(62)51(63,44(60)36(23-57)65-49)24-50-29-13-12-28-21-53-47-41(42(28)50)39-30(33(50)15-14-29)7-2-9-32(39)48(54-47)67-66-38/h1-3,5-10,17,19-20,29,33-34,36,38,44,46,48-49,53-58,60,62-63H,4,11-16,18,21-24H2/t29-,33-,34-,36-,38+,44-,46+,48-,49-,50-,51+,52+/m1/s1. The van der Waals surface area contributed by atoms with Gasteiger partial charge in [0.15, 0.2) is 11.6 Å². The van der Waals surface area contributed by atoms with Crippen LogP contribution in [-0.2, 0) is 17.8 Å². The molecule has 5 aliphatic heterocycles. The Morgan fingerprint density at radius 2 is 1.70 bits per heavy atom. The van der Waals surface area contributed by atoms with E-state index in [9.17, 15) is 35.7 Å². The summed E-state index contributed by atoms with van der Waals surface area (Å²) < 4.78 is 12.7. The second kappa shape index (κ2) is 16.1. The summed E-state index contributed by atoms with van der Waals surface area (Å²) in [5.74, 6) is -1.75. The highest BCUT2D eigenvalue weighted by atomic mass is 33.1. The summed E-state index contributed by atoms with van der Waals surface area (Å²) in [6.45, 7) is -0.501. The van der Waals surface area contributed by atoms with Crippen LogP contribution in [0.3, 0.4) is 0 Å². The monoisotopic (exact) mass is 946 g/mol. The number of Topliss-reactive ketones (excluding diaryl/α,β-unsaturated/α-hetero) is 2.